The SMILES string of the molecule is CC1(C)CC(=CC(=O)O)C(C)(C)O1. The summed E-state index contributed by atoms with van der Waals surface area (Å²) in [5.74, 6) is -0.899. The van der Waals surface area contributed by atoms with E-state index < -0.39 is 11.6 Å². The van der Waals surface area contributed by atoms with Crippen molar-refractivity contribution in [3.8, 4) is 0 Å². The minimum atomic E-state index is -0.899. The monoisotopic (exact) mass is 184 g/mol. The Bertz CT molecular complexity index is 261. The van der Waals surface area contributed by atoms with E-state index in [0.29, 0.717) is 6.42 Å². The molecule has 1 aliphatic heterocycles. The van der Waals surface area contributed by atoms with E-state index >= 15 is 0 Å². The summed E-state index contributed by atoms with van der Waals surface area (Å²) in [4.78, 5) is 10.5. The molecule has 0 aliphatic carbocycles. The first-order valence-corrected chi connectivity index (χ1v) is 4.37. The second-order valence-electron chi connectivity index (χ2n) is 4.56. The second kappa shape index (κ2) is 2.84. The molecule has 0 aromatic carbocycles. The maximum atomic E-state index is 10.5. The fourth-order valence-electron chi connectivity index (χ4n) is 1.84. The zero-order chi connectivity index (χ0) is 10.3. The molecule has 0 amide bonds. The number of ether oxygens (including phenoxy) is 1. The highest BCUT2D eigenvalue weighted by Crippen LogP contribution is 2.41. The quantitative estimate of drug-likeness (QED) is 0.634. The summed E-state index contributed by atoms with van der Waals surface area (Å²) in [6.45, 7) is 7.74. The van der Waals surface area contributed by atoms with Gasteiger partial charge in [0.15, 0.2) is 0 Å². The topological polar surface area (TPSA) is 46.5 Å². The van der Waals surface area contributed by atoms with Crippen molar-refractivity contribution in [1.29, 1.82) is 0 Å². The Balaban J connectivity index is 2.95. The maximum absolute atomic E-state index is 10.5. The molecule has 1 fully saturated rings. The van der Waals surface area contributed by atoms with Gasteiger partial charge in [-0.3, -0.25) is 0 Å². The molecule has 1 N–H and O–H groups in total. The number of carbonyl (C=O) groups is 1. The van der Waals surface area contributed by atoms with Gasteiger partial charge in [0.2, 0.25) is 0 Å². The molecular weight excluding hydrogens is 168 g/mol. The lowest BCUT2D eigenvalue weighted by Gasteiger charge is -2.23. The van der Waals surface area contributed by atoms with E-state index in [1.807, 2.05) is 27.7 Å². The number of carboxylic acids is 1. The van der Waals surface area contributed by atoms with Gasteiger partial charge in [0.1, 0.15) is 0 Å². The number of hydrogen-bond donors (Lipinski definition) is 1. The molecule has 0 aromatic rings. The average molecular weight is 184 g/mol. The lowest BCUT2D eigenvalue weighted by Crippen LogP contribution is -2.26. The van der Waals surface area contributed by atoms with E-state index in [1.54, 1.807) is 0 Å². The first kappa shape index (κ1) is 10.3. The predicted molar refractivity (Wildman–Crippen MR) is 49.6 cm³/mol. The van der Waals surface area contributed by atoms with Gasteiger partial charge in [0.05, 0.1) is 11.2 Å². The molecule has 1 rings (SSSR count). The van der Waals surface area contributed by atoms with Crippen LogP contribution < -0.4 is 0 Å². The highest BCUT2D eigenvalue weighted by Gasteiger charge is 2.41. The van der Waals surface area contributed by atoms with Gasteiger partial charge in [-0.2, -0.15) is 0 Å². The molecule has 3 heteroatoms. The molecule has 1 heterocycles. The van der Waals surface area contributed by atoms with Crippen LogP contribution in [-0.4, -0.2) is 22.3 Å². The average Bonchev–Trinajstić information content (AvgIpc) is 1.98. The third-order valence-corrected chi connectivity index (χ3v) is 2.22. The Morgan fingerprint density at radius 3 is 2.31 bits per heavy atom. The van der Waals surface area contributed by atoms with Crippen molar-refractivity contribution in [2.24, 2.45) is 0 Å². The van der Waals surface area contributed by atoms with Crippen LogP contribution >= 0.6 is 0 Å². The molecule has 3 nitrogen and oxygen atoms in total. The van der Waals surface area contributed by atoms with Gasteiger partial charge < -0.3 is 9.84 Å². The summed E-state index contributed by atoms with van der Waals surface area (Å²) in [5, 5.41) is 8.64. The van der Waals surface area contributed by atoms with Crippen molar-refractivity contribution in [3.63, 3.8) is 0 Å². The highest BCUT2D eigenvalue weighted by atomic mass is 16.5. The van der Waals surface area contributed by atoms with Gasteiger partial charge in [0, 0.05) is 12.5 Å². The molecule has 1 aliphatic rings. The van der Waals surface area contributed by atoms with Gasteiger partial charge in [-0.1, -0.05) is 0 Å². The number of hydrogen-bond acceptors (Lipinski definition) is 2. The summed E-state index contributed by atoms with van der Waals surface area (Å²) in [6, 6.07) is 0. The van der Waals surface area contributed by atoms with Crippen LogP contribution in [0.1, 0.15) is 34.1 Å². The Labute approximate surface area is 78.4 Å². The van der Waals surface area contributed by atoms with Gasteiger partial charge in [-0.25, -0.2) is 4.79 Å². The zero-order valence-electron chi connectivity index (χ0n) is 8.55. The smallest absolute Gasteiger partial charge is 0.328 e. The normalized spacial score (nSPS) is 27.8. The van der Waals surface area contributed by atoms with Crippen LogP contribution in [0, 0.1) is 0 Å². The molecule has 0 aromatic heterocycles. The largest absolute Gasteiger partial charge is 0.478 e. The standard InChI is InChI=1S/C10H16O3/c1-9(2)6-7(5-8(11)12)10(3,4)13-9/h5H,6H2,1-4H3,(H,11,12). The van der Waals surface area contributed by atoms with Crippen LogP contribution in [0.3, 0.4) is 0 Å². The first-order chi connectivity index (χ1) is 5.73. The third kappa shape index (κ3) is 2.31. The summed E-state index contributed by atoms with van der Waals surface area (Å²) in [6.07, 6.45) is 1.95. The number of rotatable bonds is 1. The van der Waals surface area contributed by atoms with Crippen LogP contribution in [-0.2, 0) is 9.53 Å². The van der Waals surface area contributed by atoms with E-state index in [-0.39, 0.29) is 5.60 Å². The molecule has 0 saturated carbocycles. The van der Waals surface area contributed by atoms with E-state index in [9.17, 15) is 4.79 Å². The van der Waals surface area contributed by atoms with E-state index in [4.69, 9.17) is 9.84 Å². The van der Waals surface area contributed by atoms with Crippen LogP contribution in [0.2, 0.25) is 0 Å². The maximum Gasteiger partial charge on any atom is 0.328 e. The Morgan fingerprint density at radius 1 is 1.46 bits per heavy atom. The third-order valence-electron chi connectivity index (χ3n) is 2.22. The number of aliphatic carboxylic acids is 1. The van der Waals surface area contributed by atoms with Crippen molar-refractivity contribution in [1.82, 2.24) is 0 Å². The second-order valence-corrected chi connectivity index (χ2v) is 4.56. The lowest BCUT2D eigenvalue weighted by molar-refractivity contribution is -0.131. The molecular formula is C10H16O3. The van der Waals surface area contributed by atoms with Crippen molar-refractivity contribution in [3.05, 3.63) is 11.6 Å². The molecule has 0 atom stereocenters. The van der Waals surface area contributed by atoms with Gasteiger partial charge >= 0.3 is 5.97 Å². The highest BCUT2D eigenvalue weighted by molar-refractivity contribution is 5.81. The van der Waals surface area contributed by atoms with Crippen LogP contribution in [0.15, 0.2) is 11.6 Å². The van der Waals surface area contributed by atoms with Crippen molar-refractivity contribution in [2.45, 2.75) is 45.3 Å². The molecule has 0 radical (unpaired) electrons. The van der Waals surface area contributed by atoms with Gasteiger partial charge in [-0.15, -0.1) is 0 Å². The van der Waals surface area contributed by atoms with Gasteiger partial charge in [0.25, 0.3) is 0 Å². The zero-order valence-corrected chi connectivity index (χ0v) is 8.55. The first-order valence-electron chi connectivity index (χ1n) is 4.37. The molecule has 1 saturated heterocycles. The van der Waals surface area contributed by atoms with Crippen molar-refractivity contribution >= 4 is 5.97 Å². The Hall–Kier alpha value is -0.830. The number of carboxylic acid groups (broad SMARTS) is 1. The Kier molecular flexibility index (Phi) is 2.24. The summed E-state index contributed by atoms with van der Waals surface area (Å²) in [5.41, 5.74) is 0.164. The Morgan fingerprint density at radius 2 is 2.00 bits per heavy atom. The van der Waals surface area contributed by atoms with Crippen molar-refractivity contribution < 1.29 is 14.6 Å². The predicted octanol–water partition coefficient (Wildman–Crippen LogP) is 1.97. The fraction of sp³-hybridized carbons (Fsp3) is 0.700. The summed E-state index contributed by atoms with van der Waals surface area (Å²) < 4.78 is 5.72. The fourth-order valence-corrected chi connectivity index (χ4v) is 1.84. The molecule has 13 heavy (non-hydrogen) atoms. The van der Waals surface area contributed by atoms with Crippen LogP contribution in [0.5, 0.6) is 0 Å². The van der Waals surface area contributed by atoms with E-state index in [1.165, 1.54) is 6.08 Å². The minimum absolute atomic E-state index is 0.245. The summed E-state index contributed by atoms with van der Waals surface area (Å²) in [7, 11) is 0. The van der Waals surface area contributed by atoms with E-state index in [0.717, 1.165) is 5.57 Å². The van der Waals surface area contributed by atoms with Crippen LogP contribution in [0.4, 0.5) is 0 Å². The minimum Gasteiger partial charge on any atom is -0.478 e. The van der Waals surface area contributed by atoms with E-state index in [2.05, 4.69) is 0 Å². The molecule has 0 bridgehead atoms. The van der Waals surface area contributed by atoms with Crippen LogP contribution in [0.25, 0.3) is 0 Å². The van der Waals surface area contributed by atoms with Crippen molar-refractivity contribution in [2.75, 3.05) is 0 Å². The molecule has 0 unspecified atom stereocenters. The lowest BCUT2D eigenvalue weighted by atomic mass is 9.94. The summed E-state index contributed by atoms with van der Waals surface area (Å²) >= 11 is 0. The molecule has 0 spiro atoms. The van der Waals surface area contributed by atoms with Gasteiger partial charge in [-0.05, 0) is 33.3 Å². The molecule has 74 valence electrons.